The van der Waals surface area contributed by atoms with Crippen LogP contribution in [0.3, 0.4) is 0 Å². The number of nitrogens with one attached hydrogen (secondary N) is 1. The molecule has 1 amide bonds. The molecular formula is C25H37IN4O3. The van der Waals surface area contributed by atoms with Gasteiger partial charge in [0, 0.05) is 46.3 Å². The lowest BCUT2D eigenvalue weighted by molar-refractivity contribution is 0.0827. The van der Waals surface area contributed by atoms with Crippen molar-refractivity contribution >= 4 is 35.8 Å². The Bertz CT molecular complexity index is 918. The van der Waals surface area contributed by atoms with Gasteiger partial charge in [-0.25, -0.2) is 0 Å². The number of rotatable bonds is 10. The summed E-state index contributed by atoms with van der Waals surface area (Å²) in [5, 5.41) is 3.36. The van der Waals surface area contributed by atoms with Gasteiger partial charge in [0.25, 0.3) is 5.91 Å². The summed E-state index contributed by atoms with van der Waals surface area (Å²) in [6.07, 6.45) is 1.63. The summed E-state index contributed by atoms with van der Waals surface area (Å²) in [7, 11) is 8.86. The fraction of sp³-hybridized carbons (Fsp3) is 0.440. The molecule has 0 saturated heterocycles. The molecule has 8 heteroatoms. The van der Waals surface area contributed by atoms with Crippen LogP contribution < -0.4 is 14.8 Å². The molecule has 2 aromatic rings. The molecule has 0 aliphatic rings. The number of carbonyl (C=O) groups excluding carboxylic acids is 1. The van der Waals surface area contributed by atoms with Crippen molar-refractivity contribution in [2.75, 3.05) is 55.0 Å². The summed E-state index contributed by atoms with van der Waals surface area (Å²) in [6, 6.07) is 13.8. The van der Waals surface area contributed by atoms with Gasteiger partial charge in [-0.3, -0.25) is 9.79 Å². The Hall–Kier alpha value is -2.49. The Balaban J connectivity index is 0.00000544. The minimum atomic E-state index is 0. The van der Waals surface area contributed by atoms with Crippen LogP contribution in [0.1, 0.15) is 28.4 Å². The van der Waals surface area contributed by atoms with Crippen molar-refractivity contribution in [1.29, 1.82) is 0 Å². The number of methoxy groups -OCH3 is 2. The average molecular weight is 569 g/mol. The van der Waals surface area contributed by atoms with Crippen molar-refractivity contribution in [2.45, 2.75) is 19.8 Å². The molecule has 0 fully saturated rings. The summed E-state index contributed by atoms with van der Waals surface area (Å²) in [5.41, 5.74) is 2.98. The number of hydrogen-bond donors (Lipinski definition) is 1. The zero-order valence-electron chi connectivity index (χ0n) is 20.6. The van der Waals surface area contributed by atoms with Gasteiger partial charge < -0.3 is 24.6 Å². The Kier molecular flexibility index (Phi) is 12.6. The monoisotopic (exact) mass is 568 g/mol. The second-order valence-corrected chi connectivity index (χ2v) is 7.75. The molecule has 7 nitrogen and oxygen atoms in total. The van der Waals surface area contributed by atoms with Crippen LogP contribution in [0.25, 0.3) is 0 Å². The number of aliphatic imine (C=N–C) groups is 1. The number of ether oxygens (including phenoxy) is 2. The first-order valence-electron chi connectivity index (χ1n) is 10.9. The fourth-order valence-electron chi connectivity index (χ4n) is 3.32. The van der Waals surface area contributed by atoms with Crippen molar-refractivity contribution in [2.24, 2.45) is 4.99 Å². The van der Waals surface area contributed by atoms with E-state index in [0.717, 1.165) is 49.0 Å². The number of carbonyl (C=O) groups is 1. The Morgan fingerprint density at radius 2 is 1.67 bits per heavy atom. The van der Waals surface area contributed by atoms with Crippen LogP contribution in [0.5, 0.6) is 11.5 Å². The molecule has 0 unspecified atom stereocenters. The number of guanidine groups is 1. The van der Waals surface area contributed by atoms with E-state index in [4.69, 9.17) is 14.5 Å². The molecule has 0 heterocycles. The molecule has 0 saturated carbocycles. The highest BCUT2D eigenvalue weighted by Gasteiger charge is 2.10. The zero-order valence-corrected chi connectivity index (χ0v) is 22.9. The topological polar surface area (TPSA) is 66.4 Å². The minimum Gasteiger partial charge on any atom is -0.493 e. The predicted molar refractivity (Wildman–Crippen MR) is 145 cm³/mol. The second kappa shape index (κ2) is 14.6. The van der Waals surface area contributed by atoms with E-state index in [1.165, 1.54) is 5.56 Å². The zero-order chi connectivity index (χ0) is 23.5. The summed E-state index contributed by atoms with van der Waals surface area (Å²) in [5.74, 6) is 2.35. The molecule has 0 radical (unpaired) electrons. The van der Waals surface area contributed by atoms with Gasteiger partial charge in [-0.2, -0.15) is 0 Å². The Labute approximate surface area is 215 Å². The van der Waals surface area contributed by atoms with Crippen LogP contribution in [0.15, 0.2) is 47.5 Å². The van der Waals surface area contributed by atoms with Crippen molar-refractivity contribution in [3.8, 4) is 11.5 Å². The van der Waals surface area contributed by atoms with E-state index in [9.17, 15) is 4.79 Å². The third kappa shape index (κ3) is 8.75. The third-order valence-corrected chi connectivity index (χ3v) is 5.12. The molecule has 0 atom stereocenters. The third-order valence-electron chi connectivity index (χ3n) is 5.12. The van der Waals surface area contributed by atoms with Gasteiger partial charge in [-0.1, -0.05) is 18.2 Å². The summed E-state index contributed by atoms with van der Waals surface area (Å²) >= 11 is 0. The molecule has 33 heavy (non-hydrogen) atoms. The van der Waals surface area contributed by atoms with Gasteiger partial charge in [0.15, 0.2) is 17.5 Å². The Morgan fingerprint density at radius 1 is 0.970 bits per heavy atom. The van der Waals surface area contributed by atoms with Crippen LogP contribution in [0.4, 0.5) is 0 Å². The van der Waals surface area contributed by atoms with Gasteiger partial charge >= 0.3 is 0 Å². The molecule has 2 rings (SSSR count). The number of hydrogen-bond acceptors (Lipinski definition) is 4. The van der Waals surface area contributed by atoms with Crippen molar-refractivity contribution in [3.63, 3.8) is 0 Å². The first-order chi connectivity index (χ1) is 15.4. The largest absolute Gasteiger partial charge is 0.493 e. The average Bonchev–Trinajstić information content (AvgIpc) is 2.81. The standard InChI is InChI=1S/C25H36N4O3.HI/c1-7-26-25(27-15-13-19-9-8-10-21(17-19)24(30)28(2)3)29(4)16-14-20-11-12-22(31-5)23(18-20)32-6;/h8-12,17-18H,7,13-16H2,1-6H3,(H,26,27);1H. The van der Waals surface area contributed by atoms with E-state index in [0.29, 0.717) is 12.1 Å². The highest BCUT2D eigenvalue weighted by atomic mass is 127. The smallest absolute Gasteiger partial charge is 0.253 e. The number of amides is 1. The summed E-state index contributed by atoms with van der Waals surface area (Å²) in [4.78, 5) is 20.7. The normalized spacial score (nSPS) is 10.8. The molecule has 182 valence electrons. The summed E-state index contributed by atoms with van der Waals surface area (Å²) in [6.45, 7) is 4.32. The second-order valence-electron chi connectivity index (χ2n) is 7.75. The van der Waals surface area contributed by atoms with Crippen LogP contribution >= 0.6 is 24.0 Å². The Morgan fingerprint density at radius 3 is 2.30 bits per heavy atom. The first-order valence-corrected chi connectivity index (χ1v) is 10.9. The van der Waals surface area contributed by atoms with Gasteiger partial charge in [-0.05, 0) is 55.2 Å². The van der Waals surface area contributed by atoms with E-state index in [2.05, 4.69) is 23.2 Å². The van der Waals surface area contributed by atoms with Crippen LogP contribution in [0, 0.1) is 0 Å². The van der Waals surface area contributed by atoms with Crippen LogP contribution in [-0.2, 0) is 12.8 Å². The van der Waals surface area contributed by atoms with E-state index in [-0.39, 0.29) is 29.9 Å². The van der Waals surface area contributed by atoms with E-state index >= 15 is 0 Å². The SMILES string of the molecule is CCNC(=NCCc1cccc(C(=O)N(C)C)c1)N(C)CCc1ccc(OC)c(OC)c1.I. The predicted octanol–water partition coefficient (Wildman–Crippen LogP) is 3.71. The number of halogens is 1. The van der Waals surface area contributed by atoms with E-state index in [1.54, 1.807) is 33.2 Å². The minimum absolute atomic E-state index is 0. The molecule has 0 spiro atoms. The van der Waals surface area contributed by atoms with Crippen molar-refractivity contribution < 1.29 is 14.3 Å². The van der Waals surface area contributed by atoms with Gasteiger partial charge in [0.1, 0.15) is 0 Å². The number of likely N-dealkylation sites (N-methyl/N-ethyl adjacent to an activating group) is 1. The lowest BCUT2D eigenvalue weighted by Crippen LogP contribution is -2.40. The first kappa shape index (κ1) is 28.5. The molecular weight excluding hydrogens is 531 g/mol. The van der Waals surface area contributed by atoms with Crippen LogP contribution in [0.2, 0.25) is 0 Å². The quantitative estimate of drug-likeness (QED) is 0.269. The fourth-order valence-corrected chi connectivity index (χ4v) is 3.32. The molecule has 0 aliphatic carbocycles. The van der Waals surface area contributed by atoms with Gasteiger partial charge in [0.2, 0.25) is 0 Å². The number of benzene rings is 2. The van der Waals surface area contributed by atoms with E-state index < -0.39 is 0 Å². The van der Waals surface area contributed by atoms with Crippen molar-refractivity contribution in [3.05, 3.63) is 59.2 Å². The molecule has 0 aliphatic heterocycles. The lowest BCUT2D eigenvalue weighted by atomic mass is 10.1. The van der Waals surface area contributed by atoms with Gasteiger partial charge in [0.05, 0.1) is 14.2 Å². The molecule has 1 N–H and O–H groups in total. The van der Waals surface area contributed by atoms with E-state index in [1.807, 2.05) is 43.4 Å². The maximum absolute atomic E-state index is 12.2. The maximum atomic E-state index is 12.2. The lowest BCUT2D eigenvalue weighted by Gasteiger charge is -2.22. The molecule has 0 bridgehead atoms. The highest BCUT2D eigenvalue weighted by molar-refractivity contribution is 14.0. The summed E-state index contributed by atoms with van der Waals surface area (Å²) < 4.78 is 10.7. The highest BCUT2D eigenvalue weighted by Crippen LogP contribution is 2.27. The van der Waals surface area contributed by atoms with Crippen molar-refractivity contribution in [1.82, 2.24) is 15.1 Å². The number of nitrogens with zero attached hydrogens (tertiary/aromatic N) is 3. The molecule has 0 aromatic heterocycles. The maximum Gasteiger partial charge on any atom is 0.253 e. The molecule has 2 aromatic carbocycles. The van der Waals surface area contributed by atoms with Crippen LogP contribution in [-0.4, -0.2) is 76.7 Å². The van der Waals surface area contributed by atoms with Gasteiger partial charge in [-0.15, -0.1) is 24.0 Å².